The normalized spacial score (nSPS) is 24.0. The molecule has 2 saturated heterocycles. The molecule has 4 rings (SSSR count). The van der Waals surface area contributed by atoms with Crippen LogP contribution in [0, 0.1) is 0 Å². The number of nitrogen functional groups attached to an aromatic ring is 1. The fourth-order valence-corrected chi connectivity index (χ4v) is 5.54. The summed E-state index contributed by atoms with van der Waals surface area (Å²) in [6.07, 6.45) is 0. The van der Waals surface area contributed by atoms with E-state index in [2.05, 4.69) is 5.32 Å². The molecule has 2 fully saturated rings. The fourth-order valence-electron chi connectivity index (χ4n) is 3.26. The Morgan fingerprint density at radius 3 is 2.28 bits per heavy atom. The minimum Gasteiger partial charge on any atom is -0.457 e. The summed E-state index contributed by atoms with van der Waals surface area (Å²) in [5, 5.41) is 3.68. The molecule has 8 heteroatoms. The number of sulfone groups is 1. The highest BCUT2D eigenvalue weighted by Crippen LogP contribution is 2.31. The van der Waals surface area contributed by atoms with E-state index in [1.165, 1.54) is 0 Å². The van der Waals surface area contributed by atoms with Crippen molar-refractivity contribution in [1.29, 1.82) is 0 Å². The molecule has 0 spiro atoms. The Hall–Kier alpha value is -2.32. The molecule has 0 bridgehead atoms. The molecule has 0 aromatic heterocycles. The number of thiocarbonyl (C=S) groups is 1. The SMILES string of the molecule is Nc1ccc(Oc2ccc(N3C(=S)N[C@H]4CS(=O)(=O)C[C@@H]43)cc2)cc1. The van der Waals surface area contributed by atoms with E-state index in [1.54, 1.807) is 24.3 Å². The lowest BCUT2D eigenvalue weighted by Crippen LogP contribution is -2.36. The van der Waals surface area contributed by atoms with Gasteiger partial charge in [-0.1, -0.05) is 0 Å². The van der Waals surface area contributed by atoms with Crippen molar-refractivity contribution in [3.8, 4) is 11.5 Å². The number of nitrogens with two attached hydrogens (primary N) is 1. The van der Waals surface area contributed by atoms with Gasteiger partial charge < -0.3 is 20.7 Å². The molecule has 2 aliphatic heterocycles. The van der Waals surface area contributed by atoms with Gasteiger partial charge in [0.1, 0.15) is 11.5 Å². The molecule has 0 radical (unpaired) electrons. The van der Waals surface area contributed by atoms with Crippen molar-refractivity contribution in [1.82, 2.24) is 5.32 Å². The van der Waals surface area contributed by atoms with E-state index in [-0.39, 0.29) is 23.6 Å². The molecule has 0 aliphatic carbocycles. The largest absolute Gasteiger partial charge is 0.457 e. The van der Waals surface area contributed by atoms with Gasteiger partial charge in [0, 0.05) is 11.4 Å². The molecule has 3 N–H and O–H groups in total. The van der Waals surface area contributed by atoms with E-state index >= 15 is 0 Å². The van der Waals surface area contributed by atoms with Crippen molar-refractivity contribution in [3.05, 3.63) is 48.5 Å². The summed E-state index contributed by atoms with van der Waals surface area (Å²) in [6, 6.07) is 14.3. The Labute approximate surface area is 151 Å². The van der Waals surface area contributed by atoms with Gasteiger partial charge in [0.05, 0.1) is 23.6 Å². The molecule has 0 saturated carbocycles. The number of hydrogen-bond donors (Lipinski definition) is 2. The van der Waals surface area contributed by atoms with Crippen LogP contribution in [0.25, 0.3) is 0 Å². The monoisotopic (exact) mass is 375 g/mol. The van der Waals surface area contributed by atoms with Gasteiger partial charge >= 0.3 is 0 Å². The molecule has 25 heavy (non-hydrogen) atoms. The lowest BCUT2D eigenvalue weighted by atomic mass is 10.1. The van der Waals surface area contributed by atoms with Crippen molar-refractivity contribution in [3.63, 3.8) is 0 Å². The number of hydrogen-bond acceptors (Lipinski definition) is 5. The molecule has 6 nitrogen and oxygen atoms in total. The summed E-state index contributed by atoms with van der Waals surface area (Å²) in [6.45, 7) is 0. The lowest BCUT2D eigenvalue weighted by Gasteiger charge is -2.23. The van der Waals surface area contributed by atoms with Gasteiger partial charge in [0.15, 0.2) is 14.9 Å². The van der Waals surface area contributed by atoms with Crippen molar-refractivity contribution in [2.24, 2.45) is 0 Å². The summed E-state index contributed by atoms with van der Waals surface area (Å²) < 4.78 is 29.5. The number of nitrogens with one attached hydrogen (secondary N) is 1. The molecular formula is C17H17N3O3S2. The molecule has 2 aromatic carbocycles. The molecular weight excluding hydrogens is 358 g/mol. The maximum absolute atomic E-state index is 11.9. The summed E-state index contributed by atoms with van der Waals surface area (Å²) in [4.78, 5) is 1.89. The van der Waals surface area contributed by atoms with Gasteiger partial charge in [-0.3, -0.25) is 0 Å². The van der Waals surface area contributed by atoms with Crippen LogP contribution in [-0.4, -0.2) is 37.1 Å². The zero-order chi connectivity index (χ0) is 17.6. The maximum atomic E-state index is 11.9. The zero-order valence-corrected chi connectivity index (χ0v) is 14.9. The summed E-state index contributed by atoms with van der Waals surface area (Å²) in [5.74, 6) is 1.63. The molecule has 2 atom stereocenters. The van der Waals surface area contributed by atoms with Crippen molar-refractivity contribution in [2.75, 3.05) is 22.1 Å². The van der Waals surface area contributed by atoms with Gasteiger partial charge in [0.25, 0.3) is 0 Å². The Morgan fingerprint density at radius 1 is 1.04 bits per heavy atom. The van der Waals surface area contributed by atoms with Crippen LogP contribution < -0.4 is 20.7 Å². The lowest BCUT2D eigenvalue weighted by molar-refractivity contribution is 0.483. The molecule has 2 aliphatic rings. The predicted molar refractivity (Wildman–Crippen MR) is 102 cm³/mol. The number of nitrogens with zero attached hydrogens (tertiary/aromatic N) is 1. The third kappa shape index (κ3) is 3.14. The third-order valence-electron chi connectivity index (χ3n) is 4.41. The Kier molecular flexibility index (Phi) is 3.81. The van der Waals surface area contributed by atoms with Crippen LogP contribution in [-0.2, 0) is 9.84 Å². The Morgan fingerprint density at radius 2 is 1.64 bits per heavy atom. The van der Waals surface area contributed by atoms with Crippen LogP contribution in [0.5, 0.6) is 11.5 Å². The van der Waals surface area contributed by atoms with Crippen molar-refractivity contribution >= 4 is 38.5 Å². The maximum Gasteiger partial charge on any atom is 0.174 e. The number of benzene rings is 2. The first-order valence-electron chi connectivity index (χ1n) is 7.85. The highest BCUT2D eigenvalue weighted by Gasteiger charge is 2.47. The van der Waals surface area contributed by atoms with Crippen LogP contribution in [0.3, 0.4) is 0 Å². The van der Waals surface area contributed by atoms with Gasteiger partial charge in [-0.2, -0.15) is 0 Å². The van der Waals surface area contributed by atoms with Gasteiger partial charge in [0.2, 0.25) is 0 Å². The second-order valence-corrected chi connectivity index (χ2v) is 8.78. The van der Waals surface area contributed by atoms with Crippen LogP contribution in [0.2, 0.25) is 0 Å². The minimum absolute atomic E-state index is 0.120. The summed E-state index contributed by atoms with van der Waals surface area (Å²) in [5.41, 5.74) is 7.20. The fraction of sp³-hybridized carbons (Fsp3) is 0.235. The average molecular weight is 375 g/mol. The van der Waals surface area contributed by atoms with Gasteiger partial charge in [-0.25, -0.2) is 8.42 Å². The average Bonchev–Trinajstić information content (AvgIpc) is 3.00. The van der Waals surface area contributed by atoms with Crippen molar-refractivity contribution < 1.29 is 13.2 Å². The summed E-state index contributed by atoms with van der Waals surface area (Å²) >= 11 is 5.38. The van der Waals surface area contributed by atoms with Gasteiger partial charge in [-0.15, -0.1) is 0 Å². The smallest absolute Gasteiger partial charge is 0.174 e. The summed E-state index contributed by atoms with van der Waals surface area (Å²) in [7, 11) is -3.02. The van der Waals surface area contributed by atoms with Crippen LogP contribution in [0.15, 0.2) is 48.5 Å². The minimum atomic E-state index is -3.02. The topological polar surface area (TPSA) is 84.7 Å². The second-order valence-electron chi connectivity index (χ2n) is 6.24. The molecule has 2 heterocycles. The molecule has 2 aromatic rings. The first-order valence-corrected chi connectivity index (χ1v) is 10.1. The highest BCUT2D eigenvalue weighted by molar-refractivity contribution is 7.91. The third-order valence-corrected chi connectivity index (χ3v) is 6.44. The number of anilines is 2. The van der Waals surface area contributed by atoms with E-state index in [0.29, 0.717) is 22.3 Å². The van der Waals surface area contributed by atoms with E-state index in [9.17, 15) is 8.42 Å². The Bertz CT molecular complexity index is 911. The number of fused-ring (bicyclic) bond motifs is 1. The predicted octanol–water partition coefficient (Wildman–Crippen LogP) is 1.92. The molecule has 130 valence electrons. The standard InChI is InChI=1S/C17H17N3O3S2/c18-11-1-5-13(6-2-11)23-14-7-3-12(4-8-14)20-16-10-25(21,22)9-15(16)19-17(20)24/h1-8,15-16H,9-10,18H2,(H,19,24)/t15-,16-/m0/s1. The van der Waals surface area contributed by atoms with Gasteiger partial charge in [-0.05, 0) is 60.7 Å². The molecule has 0 amide bonds. The second kappa shape index (κ2) is 5.89. The van der Waals surface area contributed by atoms with Crippen LogP contribution in [0.1, 0.15) is 0 Å². The highest BCUT2D eigenvalue weighted by atomic mass is 32.2. The zero-order valence-electron chi connectivity index (χ0n) is 13.3. The molecule has 0 unspecified atom stereocenters. The van der Waals surface area contributed by atoms with E-state index < -0.39 is 9.84 Å². The Balaban J connectivity index is 1.53. The van der Waals surface area contributed by atoms with Crippen LogP contribution >= 0.6 is 12.2 Å². The van der Waals surface area contributed by atoms with Crippen LogP contribution in [0.4, 0.5) is 11.4 Å². The van der Waals surface area contributed by atoms with E-state index in [4.69, 9.17) is 22.7 Å². The first-order chi connectivity index (χ1) is 11.9. The van der Waals surface area contributed by atoms with Crippen molar-refractivity contribution in [2.45, 2.75) is 12.1 Å². The first kappa shape index (κ1) is 16.2. The van der Waals surface area contributed by atoms with E-state index in [1.807, 2.05) is 29.2 Å². The van der Waals surface area contributed by atoms with E-state index in [0.717, 1.165) is 5.69 Å². The number of rotatable bonds is 3. The quantitative estimate of drug-likeness (QED) is 0.626. The number of ether oxygens (including phenoxy) is 1.